The molecule has 398 valence electrons. The summed E-state index contributed by atoms with van der Waals surface area (Å²) in [6, 6.07) is 11.7. The maximum absolute atomic E-state index is 15.0. The number of rotatable bonds is 6. The minimum atomic E-state index is -1.82. The molecule has 5 heterocycles. The number of aliphatic hydroxyl groups excluding tert-OH is 2. The molecule has 0 aliphatic carbocycles. The molecule has 11 bridgehead atoms. The molecule has 5 aromatic rings. The Hall–Kier alpha value is -7.49. The van der Waals surface area contributed by atoms with Crippen LogP contribution in [-0.4, -0.2) is 82.9 Å². The van der Waals surface area contributed by atoms with Gasteiger partial charge in [0.05, 0.1) is 27.9 Å². The third kappa shape index (κ3) is 11.7. The Bertz CT molecular complexity index is 3210. The molecular weight excluding hydrogens is 1050 g/mol. The predicted octanol–water partition coefficient (Wildman–Crippen LogP) is 6.59. The van der Waals surface area contributed by atoms with Crippen LogP contribution in [0.1, 0.15) is 98.4 Å². The molecule has 12 N–H and O–H groups in total. The number of primary amides is 1. The van der Waals surface area contributed by atoms with Gasteiger partial charge < -0.3 is 67.1 Å². The molecule has 0 saturated carbocycles. The largest absolute Gasteiger partial charge is 0.508 e. The molecule has 5 aromatic carbocycles. The Kier molecular flexibility index (Phi) is 16.1. The van der Waals surface area contributed by atoms with Crippen molar-refractivity contribution in [3.63, 3.8) is 0 Å². The molecule has 0 saturated heterocycles. The number of nitrogens with one attached hydrogen (secondary N) is 4. The number of phenolic OH excluding ortho intramolecular Hbond substituents is 4. The molecule has 0 unspecified atom stereocenters. The number of Topliss-reactive ketones (excluding diaryl/α,β-unsaturated/α-hetero) is 1. The number of fused-ring (bicyclic) bond motifs is 15. The van der Waals surface area contributed by atoms with Crippen LogP contribution in [0.2, 0.25) is 10.0 Å². The quantitative estimate of drug-likeness (QED) is 0.0799. The van der Waals surface area contributed by atoms with Gasteiger partial charge in [0.2, 0.25) is 35.3 Å². The zero-order valence-electron chi connectivity index (χ0n) is 40.9. The maximum Gasteiger partial charge on any atom is 0.245 e. The van der Waals surface area contributed by atoms with E-state index >= 15 is 4.79 Å². The summed E-state index contributed by atoms with van der Waals surface area (Å²) < 4.78 is 12.5. The SMILES string of the molecule is CC(C)C[C@@H](C)C(=O)N[C@H]1C(=O)C[C@@H](CC(N)=O)C(=O)N[C@H]2C(=S)C[C@@H]3C(=O)N[C@H](C(=O)NCc4cc(O)cc(O)c4-c4cc3ccc4O)[C@H](O)c3ccc(c(Cl)c3)Oc3cc2cc(c3O)Oc2ccc(cc2Cl)[C@H]1O. The molecule has 0 fully saturated rings. The monoisotopic (exact) mass is 1100 g/mol. The van der Waals surface area contributed by atoms with E-state index in [0.717, 1.165) is 6.07 Å². The van der Waals surface area contributed by atoms with E-state index in [1.165, 1.54) is 72.8 Å². The molecule has 76 heavy (non-hydrogen) atoms. The van der Waals surface area contributed by atoms with Crippen LogP contribution in [0.3, 0.4) is 0 Å². The van der Waals surface area contributed by atoms with Gasteiger partial charge >= 0.3 is 0 Å². The van der Waals surface area contributed by atoms with Gasteiger partial charge in [-0.15, -0.1) is 0 Å². The third-order valence-electron chi connectivity index (χ3n) is 13.5. The molecule has 5 aliphatic rings. The van der Waals surface area contributed by atoms with Crippen LogP contribution in [0.4, 0.5) is 0 Å². The molecule has 19 nitrogen and oxygen atoms in total. The van der Waals surface area contributed by atoms with Crippen molar-refractivity contribution < 1.29 is 68.9 Å². The number of aromatic hydroxyl groups is 4. The van der Waals surface area contributed by atoms with Gasteiger partial charge in [-0.05, 0) is 101 Å². The maximum atomic E-state index is 15.0. The lowest BCUT2D eigenvalue weighted by Gasteiger charge is -2.30. The van der Waals surface area contributed by atoms with Gasteiger partial charge in [0.1, 0.15) is 53.0 Å². The molecule has 5 aliphatic heterocycles. The minimum absolute atomic E-state index is 0.0102. The van der Waals surface area contributed by atoms with Crippen molar-refractivity contribution >= 4 is 75.6 Å². The van der Waals surface area contributed by atoms with Crippen LogP contribution in [0.5, 0.6) is 46.0 Å². The van der Waals surface area contributed by atoms with E-state index in [2.05, 4.69) is 21.3 Å². The van der Waals surface area contributed by atoms with Crippen LogP contribution in [0.15, 0.2) is 78.9 Å². The molecule has 10 rings (SSSR count). The summed E-state index contributed by atoms with van der Waals surface area (Å²) >= 11 is 19.8. The van der Waals surface area contributed by atoms with E-state index in [1.807, 2.05) is 13.8 Å². The zero-order chi connectivity index (χ0) is 55.0. The van der Waals surface area contributed by atoms with Crippen LogP contribution in [-0.2, 0) is 35.3 Å². The van der Waals surface area contributed by atoms with E-state index < -0.39 is 114 Å². The van der Waals surface area contributed by atoms with Crippen molar-refractivity contribution in [1.29, 1.82) is 0 Å². The van der Waals surface area contributed by atoms with Gasteiger partial charge in [-0.1, -0.05) is 74.4 Å². The molecule has 5 amide bonds. The van der Waals surface area contributed by atoms with E-state index in [1.54, 1.807) is 6.92 Å². The average molecular weight is 1100 g/mol. The lowest BCUT2D eigenvalue weighted by molar-refractivity contribution is -0.136. The number of ether oxygens (including phenoxy) is 2. The number of nitrogens with two attached hydrogens (primary N) is 1. The van der Waals surface area contributed by atoms with E-state index in [9.17, 15) is 54.6 Å². The molecule has 0 spiro atoms. The molecule has 0 aromatic heterocycles. The molecule has 22 heteroatoms. The summed E-state index contributed by atoms with van der Waals surface area (Å²) in [5.74, 6) is -11.7. The summed E-state index contributed by atoms with van der Waals surface area (Å²) in [5.41, 5.74) is 5.96. The number of aliphatic hydroxyl groups is 2. The first-order chi connectivity index (χ1) is 36.0. The second-order valence-electron chi connectivity index (χ2n) is 19.5. The van der Waals surface area contributed by atoms with Crippen molar-refractivity contribution in [2.75, 3.05) is 0 Å². The smallest absolute Gasteiger partial charge is 0.245 e. The number of ketones is 1. The zero-order valence-corrected chi connectivity index (χ0v) is 43.3. The summed E-state index contributed by atoms with van der Waals surface area (Å²) in [7, 11) is 0. The first-order valence-corrected chi connectivity index (χ1v) is 25.2. The highest BCUT2D eigenvalue weighted by atomic mass is 35.5. The molecule has 8 atom stereocenters. The molecular formula is C54H53Cl2N5O14S. The van der Waals surface area contributed by atoms with E-state index in [0.29, 0.717) is 6.42 Å². The number of carbonyl (C=O) groups is 6. The Morgan fingerprint density at radius 3 is 1.96 bits per heavy atom. The van der Waals surface area contributed by atoms with Crippen molar-refractivity contribution in [2.45, 2.75) is 89.3 Å². The van der Waals surface area contributed by atoms with Crippen LogP contribution >= 0.6 is 35.4 Å². The Labute approximate surface area is 450 Å². The average Bonchev–Trinajstić information content (AvgIpc) is 3.35. The fraction of sp³-hybridized carbons (Fsp3) is 0.315. The summed E-state index contributed by atoms with van der Waals surface area (Å²) in [6.45, 7) is 5.08. The number of halogens is 2. The number of phenols is 4. The Morgan fingerprint density at radius 1 is 0.737 bits per heavy atom. The topological polar surface area (TPSA) is 316 Å². The normalized spacial score (nSPS) is 22.3. The van der Waals surface area contributed by atoms with Crippen LogP contribution in [0, 0.1) is 17.8 Å². The number of carbonyl (C=O) groups excluding carboxylic acids is 6. The van der Waals surface area contributed by atoms with Crippen molar-refractivity contribution in [2.24, 2.45) is 23.5 Å². The fourth-order valence-corrected chi connectivity index (χ4v) is 10.5. The van der Waals surface area contributed by atoms with Crippen molar-refractivity contribution in [3.8, 4) is 57.1 Å². The van der Waals surface area contributed by atoms with Crippen LogP contribution < -0.4 is 36.5 Å². The van der Waals surface area contributed by atoms with Crippen LogP contribution in [0.25, 0.3) is 11.1 Å². The lowest BCUT2D eigenvalue weighted by atomic mass is 9.85. The van der Waals surface area contributed by atoms with E-state index in [4.69, 9.17) is 50.6 Å². The van der Waals surface area contributed by atoms with Crippen molar-refractivity contribution in [3.05, 3.63) is 117 Å². The van der Waals surface area contributed by atoms with Gasteiger partial charge in [0, 0.05) is 47.4 Å². The highest BCUT2D eigenvalue weighted by Crippen LogP contribution is 2.48. The first kappa shape index (κ1) is 54.8. The highest BCUT2D eigenvalue weighted by molar-refractivity contribution is 7.80. The second kappa shape index (κ2) is 22.4. The van der Waals surface area contributed by atoms with Crippen molar-refractivity contribution in [1.82, 2.24) is 21.3 Å². The number of hydrogen-bond acceptors (Lipinski definition) is 15. The lowest BCUT2D eigenvalue weighted by Crippen LogP contribution is -2.51. The highest BCUT2D eigenvalue weighted by Gasteiger charge is 2.39. The van der Waals surface area contributed by atoms with Gasteiger partial charge in [-0.3, -0.25) is 28.8 Å². The summed E-state index contributed by atoms with van der Waals surface area (Å²) in [5, 5.41) is 79.3. The standard InChI is InChI=1S/C54H53Cl2N5O14S/c1-22(2)10-23(3)51(70)60-46-37(65)15-28(18-43(57)66)52(71)59-45-27-16-40(74-38-8-5-25(48(46)67)13-33(38)55)50(69)41(17-27)75-39-9-6-26(14-34(39)56)49(68)47-54(73)58-21-29-11-30(62)19-36(64)44(29)32-12-24(4-7-35(32)63)31(20-42(45)76)53(72)61-47/h4-9,11-14,16-17,19,22-23,28,31,45-49,62-64,67-69H,10,15,18,20-21H2,1-3H3,(H2,57,66)(H,58,73)(H,59,71)(H,60,70)(H,61,72)/t23-,28+,31+,45-,46+,47+,48-,49-/m1/s1. The van der Waals surface area contributed by atoms with Gasteiger partial charge in [0.25, 0.3) is 0 Å². The Balaban J connectivity index is 1.35. The van der Waals surface area contributed by atoms with Gasteiger partial charge in [-0.2, -0.15) is 0 Å². The predicted molar refractivity (Wildman–Crippen MR) is 280 cm³/mol. The van der Waals surface area contributed by atoms with E-state index in [-0.39, 0.29) is 101 Å². The van der Waals surface area contributed by atoms with Gasteiger partial charge in [0.15, 0.2) is 17.3 Å². The second-order valence-corrected chi connectivity index (χ2v) is 20.9. The van der Waals surface area contributed by atoms with Gasteiger partial charge in [-0.25, -0.2) is 0 Å². The summed E-state index contributed by atoms with van der Waals surface area (Å²) in [4.78, 5) is 85.0. The third-order valence-corrected chi connectivity index (χ3v) is 14.5. The first-order valence-electron chi connectivity index (χ1n) is 24.1. The number of benzene rings is 5. The number of hydrogen-bond donors (Lipinski definition) is 11. The summed E-state index contributed by atoms with van der Waals surface area (Å²) in [6.07, 6.45) is -5.18. The fourth-order valence-electron chi connectivity index (χ4n) is 9.64. The molecule has 0 radical (unpaired) electrons. The number of amides is 5. The minimum Gasteiger partial charge on any atom is -0.508 e. The Morgan fingerprint density at radius 2 is 1.36 bits per heavy atom. The number of thiocarbonyl (C=S) groups is 1.